The van der Waals surface area contributed by atoms with Gasteiger partial charge in [-0.15, -0.1) is 0 Å². The van der Waals surface area contributed by atoms with Crippen LogP contribution in [0.15, 0.2) is 12.5 Å². The SMILES string of the molecule is CCc1ncc2c(NI)ncnc2n1. The van der Waals surface area contributed by atoms with Crippen molar-refractivity contribution < 1.29 is 0 Å². The molecule has 0 radical (unpaired) electrons. The minimum absolute atomic E-state index is 0.686. The van der Waals surface area contributed by atoms with Crippen molar-refractivity contribution in [1.82, 2.24) is 19.9 Å². The molecule has 0 unspecified atom stereocenters. The van der Waals surface area contributed by atoms with Crippen molar-refractivity contribution >= 4 is 39.7 Å². The van der Waals surface area contributed by atoms with Gasteiger partial charge in [0.2, 0.25) is 0 Å². The Morgan fingerprint density at radius 3 is 2.93 bits per heavy atom. The molecule has 0 fully saturated rings. The standard InChI is InChI=1S/C8H8IN5/c1-2-6-10-3-5-7(13-6)11-4-12-8(5)14-9/h3-4H,2H2,1H3,(H,10,11,12,13,14). The van der Waals surface area contributed by atoms with E-state index in [-0.39, 0.29) is 0 Å². The van der Waals surface area contributed by atoms with Gasteiger partial charge in [-0.25, -0.2) is 19.9 Å². The molecule has 0 saturated carbocycles. The molecule has 6 heteroatoms. The van der Waals surface area contributed by atoms with Gasteiger partial charge >= 0.3 is 0 Å². The summed E-state index contributed by atoms with van der Waals surface area (Å²) in [4.78, 5) is 16.7. The Balaban J connectivity index is 2.67. The smallest absolute Gasteiger partial charge is 0.168 e. The molecule has 2 aromatic heterocycles. The zero-order valence-electron chi connectivity index (χ0n) is 7.53. The second kappa shape index (κ2) is 3.99. The molecule has 0 aliphatic carbocycles. The van der Waals surface area contributed by atoms with Gasteiger partial charge in [0, 0.05) is 12.6 Å². The molecule has 14 heavy (non-hydrogen) atoms. The highest BCUT2D eigenvalue weighted by Gasteiger charge is 2.04. The molecule has 0 spiro atoms. The predicted molar refractivity (Wildman–Crippen MR) is 62.1 cm³/mol. The zero-order valence-corrected chi connectivity index (χ0v) is 9.69. The van der Waals surface area contributed by atoms with Crippen LogP contribution in [0.25, 0.3) is 11.0 Å². The molecule has 2 aromatic rings. The number of aryl methyl sites for hydroxylation is 1. The van der Waals surface area contributed by atoms with Gasteiger partial charge in [0.15, 0.2) is 5.65 Å². The lowest BCUT2D eigenvalue weighted by atomic mass is 10.3. The van der Waals surface area contributed by atoms with Gasteiger partial charge in [-0.3, -0.25) is 0 Å². The van der Waals surface area contributed by atoms with Crippen molar-refractivity contribution in [1.29, 1.82) is 0 Å². The molecular weight excluding hydrogens is 293 g/mol. The summed E-state index contributed by atoms with van der Waals surface area (Å²) in [6.45, 7) is 2.01. The van der Waals surface area contributed by atoms with E-state index in [0.29, 0.717) is 5.65 Å². The van der Waals surface area contributed by atoms with Gasteiger partial charge in [-0.1, -0.05) is 6.92 Å². The van der Waals surface area contributed by atoms with Crippen LogP contribution in [0.3, 0.4) is 0 Å². The van der Waals surface area contributed by atoms with Gasteiger partial charge in [0.1, 0.15) is 18.0 Å². The van der Waals surface area contributed by atoms with Crippen molar-refractivity contribution in [3.63, 3.8) is 0 Å². The molecule has 0 aromatic carbocycles. The van der Waals surface area contributed by atoms with E-state index in [4.69, 9.17) is 0 Å². The number of fused-ring (bicyclic) bond motifs is 1. The molecule has 0 bridgehead atoms. The molecule has 0 aliphatic heterocycles. The molecule has 0 amide bonds. The van der Waals surface area contributed by atoms with Gasteiger partial charge in [-0.05, 0) is 0 Å². The summed E-state index contributed by atoms with van der Waals surface area (Å²) < 4.78 is 2.95. The summed E-state index contributed by atoms with van der Waals surface area (Å²) in [5, 5.41) is 0.846. The minimum atomic E-state index is 0.686. The fourth-order valence-corrected chi connectivity index (χ4v) is 1.56. The highest BCUT2D eigenvalue weighted by Crippen LogP contribution is 2.17. The van der Waals surface area contributed by atoms with Gasteiger partial charge in [-0.2, -0.15) is 0 Å². The maximum atomic E-state index is 4.30. The Hall–Kier alpha value is -1.05. The van der Waals surface area contributed by atoms with Crippen LogP contribution >= 0.6 is 22.9 Å². The number of halogens is 1. The first-order valence-corrected chi connectivity index (χ1v) is 5.26. The van der Waals surface area contributed by atoms with Gasteiger partial charge in [0.05, 0.1) is 28.3 Å². The number of hydrogen-bond acceptors (Lipinski definition) is 5. The Kier molecular flexibility index (Phi) is 2.71. The molecule has 0 atom stereocenters. The van der Waals surface area contributed by atoms with E-state index in [1.54, 1.807) is 6.20 Å². The molecule has 0 saturated heterocycles. The molecule has 1 N–H and O–H groups in total. The highest BCUT2D eigenvalue weighted by atomic mass is 127. The minimum Gasteiger partial charge on any atom is -0.312 e. The predicted octanol–water partition coefficient (Wildman–Crippen LogP) is 1.74. The summed E-state index contributed by atoms with van der Waals surface area (Å²) in [7, 11) is 0. The highest BCUT2D eigenvalue weighted by molar-refractivity contribution is 14.1. The van der Waals surface area contributed by atoms with E-state index in [2.05, 4.69) is 23.5 Å². The quantitative estimate of drug-likeness (QED) is 0.676. The summed E-state index contributed by atoms with van der Waals surface area (Å²) in [5.41, 5.74) is 0.686. The van der Waals surface area contributed by atoms with E-state index < -0.39 is 0 Å². The Morgan fingerprint density at radius 1 is 1.36 bits per heavy atom. The molecule has 2 heterocycles. The van der Waals surface area contributed by atoms with Crippen molar-refractivity contribution in [3.05, 3.63) is 18.3 Å². The molecule has 72 valence electrons. The van der Waals surface area contributed by atoms with Crippen molar-refractivity contribution in [2.45, 2.75) is 13.3 Å². The number of rotatable bonds is 2. The van der Waals surface area contributed by atoms with Crippen LogP contribution in [-0.2, 0) is 6.42 Å². The van der Waals surface area contributed by atoms with Crippen molar-refractivity contribution in [2.24, 2.45) is 0 Å². The third-order valence-electron chi connectivity index (χ3n) is 1.85. The Morgan fingerprint density at radius 2 is 2.21 bits per heavy atom. The van der Waals surface area contributed by atoms with E-state index in [1.807, 2.05) is 29.8 Å². The van der Waals surface area contributed by atoms with Gasteiger partial charge < -0.3 is 3.53 Å². The first-order chi connectivity index (χ1) is 6.85. The number of nitrogens with zero attached hydrogens (tertiary/aromatic N) is 4. The van der Waals surface area contributed by atoms with E-state index in [0.717, 1.165) is 23.4 Å². The second-order valence-electron chi connectivity index (χ2n) is 2.69. The third kappa shape index (κ3) is 1.61. The van der Waals surface area contributed by atoms with Crippen LogP contribution in [0.4, 0.5) is 5.82 Å². The van der Waals surface area contributed by atoms with Crippen LogP contribution in [-0.4, -0.2) is 19.9 Å². The summed E-state index contributed by atoms with van der Waals surface area (Å²) in [5.74, 6) is 1.55. The van der Waals surface area contributed by atoms with Crippen LogP contribution in [0.1, 0.15) is 12.7 Å². The first kappa shape index (κ1) is 9.50. The number of hydrogen-bond donors (Lipinski definition) is 1. The normalized spacial score (nSPS) is 10.4. The third-order valence-corrected chi connectivity index (χ3v) is 2.36. The Labute approximate surface area is 94.9 Å². The van der Waals surface area contributed by atoms with Crippen molar-refractivity contribution in [2.75, 3.05) is 3.53 Å². The number of aromatic nitrogens is 4. The molecular formula is C8H8IN5. The average Bonchev–Trinajstić information content (AvgIpc) is 2.27. The Bertz CT molecular complexity index is 458. The van der Waals surface area contributed by atoms with Crippen LogP contribution < -0.4 is 3.53 Å². The van der Waals surface area contributed by atoms with Crippen molar-refractivity contribution in [3.8, 4) is 0 Å². The van der Waals surface area contributed by atoms with E-state index in [9.17, 15) is 0 Å². The second-order valence-corrected chi connectivity index (χ2v) is 3.23. The molecule has 2 rings (SSSR count). The lowest BCUT2D eigenvalue weighted by Gasteiger charge is -2.02. The maximum Gasteiger partial charge on any atom is 0.168 e. The van der Waals surface area contributed by atoms with Crippen LogP contribution in [0.2, 0.25) is 0 Å². The van der Waals surface area contributed by atoms with E-state index >= 15 is 0 Å². The van der Waals surface area contributed by atoms with Gasteiger partial charge in [0.25, 0.3) is 0 Å². The number of nitrogens with one attached hydrogen (secondary N) is 1. The zero-order chi connectivity index (χ0) is 9.97. The monoisotopic (exact) mass is 301 g/mol. The first-order valence-electron chi connectivity index (χ1n) is 4.18. The average molecular weight is 301 g/mol. The lowest BCUT2D eigenvalue weighted by Crippen LogP contribution is -1.97. The largest absolute Gasteiger partial charge is 0.312 e. The summed E-state index contributed by atoms with van der Waals surface area (Å²) >= 11 is 2.02. The maximum absolute atomic E-state index is 4.30. The molecule has 5 nitrogen and oxygen atoms in total. The topological polar surface area (TPSA) is 63.6 Å². The molecule has 0 aliphatic rings. The number of anilines is 1. The van der Waals surface area contributed by atoms with Crippen LogP contribution in [0.5, 0.6) is 0 Å². The lowest BCUT2D eigenvalue weighted by molar-refractivity contribution is 0.950. The van der Waals surface area contributed by atoms with E-state index in [1.165, 1.54) is 6.33 Å². The fraction of sp³-hybridized carbons (Fsp3) is 0.250. The van der Waals surface area contributed by atoms with Crippen LogP contribution in [0, 0.1) is 0 Å². The fourth-order valence-electron chi connectivity index (χ4n) is 1.13. The summed E-state index contributed by atoms with van der Waals surface area (Å²) in [6, 6.07) is 0. The summed E-state index contributed by atoms with van der Waals surface area (Å²) in [6.07, 6.45) is 4.06.